The van der Waals surface area contributed by atoms with Crippen LogP contribution in [0.5, 0.6) is 0 Å². The van der Waals surface area contributed by atoms with Crippen LogP contribution in [0.25, 0.3) is 0 Å². The molecule has 1 aromatic carbocycles. The lowest BCUT2D eigenvalue weighted by Gasteiger charge is -2.26. The zero-order valence-corrected chi connectivity index (χ0v) is 13.2. The molecule has 1 aliphatic rings. The van der Waals surface area contributed by atoms with E-state index in [-0.39, 0.29) is 16.9 Å². The lowest BCUT2D eigenvalue weighted by Crippen LogP contribution is -2.23. The van der Waals surface area contributed by atoms with Crippen LogP contribution < -0.4 is 5.32 Å². The fraction of sp³-hybridized carbons (Fsp3) is 0.647. The minimum Gasteiger partial charge on any atom is -0.310 e. The molecule has 112 valence electrons. The monoisotopic (exact) mass is 297 g/mol. The largest absolute Gasteiger partial charge is 0.310 e. The van der Waals surface area contributed by atoms with Gasteiger partial charge in [-0.3, -0.25) is 0 Å². The molecule has 0 aliphatic heterocycles. The molecule has 1 aromatic rings. The Morgan fingerprint density at radius 3 is 2.65 bits per heavy atom. The first-order valence-electron chi connectivity index (χ1n) is 7.74. The summed E-state index contributed by atoms with van der Waals surface area (Å²) in [4.78, 5) is 0. The molecule has 1 saturated carbocycles. The summed E-state index contributed by atoms with van der Waals surface area (Å²) in [6, 6.07) is 5.23. The van der Waals surface area contributed by atoms with Crippen molar-refractivity contribution in [2.75, 3.05) is 6.54 Å². The van der Waals surface area contributed by atoms with Crippen LogP contribution in [-0.2, 0) is 0 Å². The zero-order valence-electron chi connectivity index (χ0n) is 12.5. The van der Waals surface area contributed by atoms with E-state index in [1.807, 2.05) is 6.07 Å². The Labute approximate surface area is 126 Å². The van der Waals surface area contributed by atoms with Gasteiger partial charge in [-0.25, -0.2) is 4.39 Å². The van der Waals surface area contributed by atoms with Crippen molar-refractivity contribution in [3.05, 3.63) is 34.6 Å². The first kappa shape index (κ1) is 15.8. The predicted octanol–water partition coefficient (Wildman–Crippen LogP) is 5.35. The van der Waals surface area contributed by atoms with E-state index in [9.17, 15) is 4.39 Å². The van der Waals surface area contributed by atoms with E-state index in [0.717, 1.165) is 23.9 Å². The number of benzene rings is 1. The second-order valence-electron chi connectivity index (χ2n) is 6.26. The van der Waals surface area contributed by atoms with Gasteiger partial charge in [0, 0.05) is 6.04 Å². The van der Waals surface area contributed by atoms with Crippen LogP contribution in [0.4, 0.5) is 4.39 Å². The van der Waals surface area contributed by atoms with Gasteiger partial charge in [0.05, 0.1) is 5.02 Å². The minimum absolute atomic E-state index is 0.171. The van der Waals surface area contributed by atoms with Crippen molar-refractivity contribution < 1.29 is 4.39 Å². The summed E-state index contributed by atoms with van der Waals surface area (Å²) >= 11 is 5.71. The lowest BCUT2D eigenvalue weighted by molar-refractivity contribution is 0.273. The molecule has 1 nitrogen and oxygen atoms in total. The van der Waals surface area contributed by atoms with Gasteiger partial charge in [0.15, 0.2) is 0 Å². The number of hydrogen-bond acceptors (Lipinski definition) is 1. The molecule has 1 fully saturated rings. The Morgan fingerprint density at radius 2 is 2.00 bits per heavy atom. The van der Waals surface area contributed by atoms with E-state index in [2.05, 4.69) is 19.2 Å². The SMILES string of the molecule is CC1CCC(CCNC(C)c2ccc(Cl)c(F)c2)CC1. The van der Waals surface area contributed by atoms with Gasteiger partial charge >= 0.3 is 0 Å². The third kappa shape index (κ3) is 4.46. The number of rotatable bonds is 5. The molecule has 3 heteroatoms. The molecule has 20 heavy (non-hydrogen) atoms. The molecule has 1 unspecified atom stereocenters. The highest BCUT2D eigenvalue weighted by Crippen LogP contribution is 2.30. The van der Waals surface area contributed by atoms with Gasteiger partial charge < -0.3 is 5.32 Å². The second kappa shape index (κ2) is 7.42. The van der Waals surface area contributed by atoms with Crippen LogP contribution in [0.2, 0.25) is 5.02 Å². The van der Waals surface area contributed by atoms with E-state index in [1.54, 1.807) is 6.07 Å². The summed E-state index contributed by atoms with van der Waals surface area (Å²) in [5.74, 6) is 1.45. The number of nitrogens with one attached hydrogen (secondary N) is 1. The maximum Gasteiger partial charge on any atom is 0.142 e. The third-order valence-corrected chi connectivity index (χ3v) is 4.89. The summed E-state index contributed by atoms with van der Waals surface area (Å²) in [5.41, 5.74) is 0.962. The van der Waals surface area contributed by atoms with Crippen LogP contribution in [-0.4, -0.2) is 6.54 Å². The van der Waals surface area contributed by atoms with Gasteiger partial charge in [0.1, 0.15) is 5.82 Å². The Balaban J connectivity index is 1.74. The summed E-state index contributed by atoms with van der Waals surface area (Å²) < 4.78 is 13.4. The average Bonchev–Trinajstić information content (AvgIpc) is 2.44. The van der Waals surface area contributed by atoms with Crippen molar-refractivity contribution in [2.45, 2.75) is 52.0 Å². The molecule has 1 aliphatic carbocycles. The molecule has 0 bridgehead atoms. The van der Waals surface area contributed by atoms with Crippen molar-refractivity contribution in [2.24, 2.45) is 11.8 Å². The molecule has 0 spiro atoms. The first-order chi connectivity index (χ1) is 9.56. The van der Waals surface area contributed by atoms with Gasteiger partial charge in [0.25, 0.3) is 0 Å². The van der Waals surface area contributed by atoms with Crippen molar-refractivity contribution in [1.29, 1.82) is 0 Å². The molecule has 1 N–H and O–H groups in total. The summed E-state index contributed by atoms with van der Waals surface area (Å²) in [5, 5.41) is 3.69. The Kier molecular flexibility index (Phi) is 5.86. The fourth-order valence-electron chi connectivity index (χ4n) is 3.02. The van der Waals surface area contributed by atoms with Crippen LogP contribution in [0.1, 0.15) is 57.6 Å². The summed E-state index contributed by atoms with van der Waals surface area (Å²) in [6.45, 7) is 5.43. The minimum atomic E-state index is -0.334. The van der Waals surface area contributed by atoms with Crippen molar-refractivity contribution >= 4 is 11.6 Å². The highest BCUT2D eigenvalue weighted by Gasteiger charge is 2.18. The van der Waals surface area contributed by atoms with E-state index < -0.39 is 0 Å². The Hall–Kier alpha value is -0.600. The average molecular weight is 298 g/mol. The number of hydrogen-bond donors (Lipinski definition) is 1. The van der Waals surface area contributed by atoms with Crippen molar-refractivity contribution in [1.82, 2.24) is 5.32 Å². The molecule has 0 heterocycles. The fourth-order valence-corrected chi connectivity index (χ4v) is 3.14. The quantitative estimate of drug-likeness (QED) is 0.773. The van der Waals surface area contributed by atoms with Crippen molar-refractivity contribution in [3.63, 3.8) is 0 Å². The maximum atomic E-state index is 13.4. The van der Waals surface area contributed by atoms with E-state index >= 15 is 0 Å². The molecule has 0 radical (unpaired) electrons. The highest BCUT2D eigenvalue weighted by molar-refractivity contribution is 6.30. The normalized spacial score (nSPS) is 24.6. The highest BCUT2D eigenvalue weighted by atomic mass is 35.5. The van der Waals surface area contributed by atoms with Crippen LogP contribution in [0, 0.1) is 17.7 Å². The van der Waals surface area contributed by atoms with Crippen LogP contribution in [0.3, 0.4) is 0 Å². The first-order valence-corrected chi connectivity index (χ1v) is 8.12. The molecule has 0 amide bonds. The predicted molar refractivity (Wildman–Crippen MR) is 83.6 cm³/mol. The smallest absolute Gasteiger partial charge is 0.142 e. The van der Waals surface area contributed by atoms with Gasteiger partial charge in [0.2, 0.25) is 0 Å². The van der Waals surface area contributed by atoms with Crippen LogP contribution >= 0.6 is 11.6 Å². The van der Waals surface area contributed by atoms with Gasteiger partial charge in [-0.05, 0) is 49.4 Å². The molecule has 1 atom stereocenters. The Morgan fingerprint density at radius 1 is 1.30 bits per heavy atom. The Bertz CT molecular complexity index is 427. The van der Waals surface area contributed by atoms with Gasteiger partial charge in [-0.1, -0.05) is 50.3 Å². The lowest BCUT2D eigenvalue weighted by atomic mass is 9.81. The zero-order chi connectivity index (χ0) is 14.5. The maximum absolute atomic E-state index is 13.4. The number of halogens is 2. The van der Waals surface area contributed by atoms with Gasteiger partial charge in [-0.15, -0.1) is 0 Å². The summed E-state index contributed by atoms with van der Waals surface area (Å²) in [7, 11) is 0. The van der Waals surface area contributed by atoms with E-state index in [0.29, 0.717) is 0 Å². The standard InChI is InChI=1S/C17H25ClFN/c1-12-3-5-14(6-4-12)9-10-20-13(2)15-7-8-16(18)17(19)11-15/h7-8,11-14,20H,3-6,9-10H2,1-2H3. The van der Waals surface area contributed by atoms with E-state index in [1.165, 1.54) is 38.2 Å². The van der Waals surface area contributed by atoms with Crippen LogP contribution in [0.15, 0.2) is 18.2 Å². The molecular weight excluding hydrogens is 273 g/mol. The van der Waals surface area contributed by atoms with E-state index in [4.69, 9.17) is 11.6 Å². The third-order valence-electron chi connectivity index (χ3n) is 4.58. The molecule has 0 saturated heterocycles. The second-order valence-corrected chi connectivity index (χ2v) is 6.67. The van der Waals surface area contributed by atoms with Gasteiger partial charge in [-0.2, -0.15) is 0 Å². The molecule has 0 aromatic heterocycles. The molecule has 2 rings (SSSR count). The molecular formula is C17H25ClFN. The summed E-state index contributed by atoms with van der Waals surface area (Å²) in [6.07, 6.45) is 6.72. The van der Waals surface area contributed by atoms with Crippen molar-refractivity contribution in [3.8, 4) is 0 Å². The topological polar surface area (TPSA) is 12.0 Å².